The number of nitrogens with zero attached hydrogens (tertiary/aromatic N) is 3. The normalized spacial score (nSPS) is 21.1. The molecule has 0 aromatic heterocycles. The summed E-state index contributed by atoms with van der Waals surface area (Å²) in [7, 11) is 0. The Bertz CT molecular complexity index is 1180. The third-order valence-electron chi connectivity index (χ3n) is 6.85. The van der Waals surface area contributed by atoms with E-state index in [1.807, 2.05) is 12.1 Å². The third kappa shape index (κ3) is 4.10. The Hall–Kier alpha value is -3.17. The SMILES string of the molecule is Nc1c(Cl)cccc1CN1CCN(c2cc(F)cc3c2CN(C2CCC(=O)NC2=O)C3=O)CC1. The van der Waals surface area contributed by atoms with Gasteiger partial charge in [-0.25, -0.2) is 4.39 Å². The molecule has 0 radical (unpaired) electrons. The number of imide groups is 1. The van der Waals surface area contributed by atoms with E-state index in [0.717, 1.165) is 24.2 Å². The van der Waals surface area contributed by atoms with Gasteiger partial charge >= 0.3 is 0 Å². The van der Waals surface area contributed by atoms with Gasteiger partial charge in [-0.3, -0.25) is 24.6 Å². The molecule has 3 amide bonds. The molecule has 3 aliphatic heterocycles. The van der Waals surface area contributed by atoms with Crippen molar-refractivity contribution in [3.63, 3.8) is 0 Å². The molecule has 10 heteroatoms. The maximum absolute atomic E-state index is 14.5. The van der Waals surface area contributed by atoms with E-state index >= 15 is 0 Å². The van der Waals surface area contributed by atoms with Gasteiger partial charge in [0.2, 0.25) is 11.8 Å². The highest BCUT2D eigenvalue weighted by atomic mass is 35.5. The van der Waals surface area contributed by atoms with Crippen molar-refractivity contribution >= 4 is 40.7 Å². The fraction of sp³-hybridized carbons (Fsp3) is 0.375. The zero-order valence-corrected chi connectivity index (χ0v) is 19.3. The summed E-state index contributed by atoms with van der Waals surface area (Å²) in [5.41, 5.74) is 9.35. The molecule has 3 N–H and O–H groups in total. The number of piperidine rings is 1. The second-order valence-corrected chi connectivity index (χ2v) is 9.33. The first-order valence-corrected chi connectivity index (χ1v) is 11.7. The Morgan fingerprint density at radius 1 is 1.12 bits per heavy atom. The molecule has 34 heavy (non-hydrogen) atoms. The highest BCUT2D eigenvalue weighted by molar-refractivity contribution is 6.33. The largest absolute Gasteiger partial charge is 0.397 e. The van der Waals surface area contributed by atoms with E-state index < -0.39 is 17.8 Å². The molecule has 0 bridgehead atoms. The van der Waals surface area contributed by atoms with Crippen LogP contribution in [0.3, 0.4) is 0 Å². The molecule has 5 rings (SSSR count). The predicted octanol–water partition coefficient (Wildman–Crippen LogP) is 2.14. The molecule has 2 saturated heterocycles. The average Bonchev–Trinajstić information content (AvgIpc) is 3.13. The summed E-state index contributed by atoms with van der Waals surface area (Å²) < 4.78 is 14.5. The molecule has 0 aliphatic carbocycles. The predicted molar refractivity (Wildman–Crippen MR) is 126 cm³/mol. The fourth-order valence-corrected chi connectivity index (χ4v) is 5.19. The van der Waals surface area contributed by atoms with Crippen molar-refractivity contribution in [3.8, 4) is 0 Å². The van der Waals surface area contributed by atoms with E-state index in [-0.39, 0.29) is 36.8 Å². The number of anilines is 2. The van der Waals surface area contributed by atoms with Crippen LogP contribution in [0.1, 0.15) is 34.3 Å². The number of nitrogens with one attached hydrogen (secondary N) is 1. The summed E-state index contributed by atoms with van der Waals surface area (Å²) in [5, 5.41) is 2.83. The topological polar surface area (TPSA) is 99.0 Å². The van der Waals surface area contributed by atoms with Gasteiger partial charge in [0.15, 0.2) is 0 Å². The van der Waals surface area contributed by atoms with Crippen LogP contribution in [0.25, 0.3) is 0 Å². The highest BCUT2D eigenvalue weighted by Gasteiger charge is 2.41. The zero-order chi connectivity index (χ0) is 24.0. The Morgan fingerprint density at radius 2 is 1.88 bits per heavy atom. The van der Waals surface area contributed by atoms with Crippen molar-refractivity contribution in [2.45, 2.75) is 32.0 Å². The van der Waals surface area contributed by atoms with Crippen LogP contribution in [-0.2, 0) is 22.7 Å². The molecule has 1 atom stereocenters. The summed E-state index contributed by atoms with van der Waals surface area (Å²) in [5.74, 6) is -1.68. The summed E-state index contributed by atoms with van der Waals surface area (Å²) in [6, 6.07) is 7.58. The van der Waals surface area contributed by atoms with Gasteiger partial charge in [0, 0.05) is 62.5 Å². The summed E-state index contributed by atoms with van der Waals surface area (Å²) in [4.78, 5) is 42.7. The van der Waals surface area contributed by atoms with Crippen LogP contribution in [0.5, 0.6) is 0 Å². The lowest BCUT2D eigenvalue weighted by Crippen LogP contribution is -2.52. The lowest BCUT2D eigenvalue weighted by atomic mass is 10.0. The van der Waals surface area contributed by atoms with E-state index in [0.29, 0.717) is 36.0 Å². The Labute approximate surface area is 201 Å². The fourth-order valence-electron chi connectivity index (χ4n) is 5.00. The molecule has 3 heterocycles. The lowest BCUT2D eigenvalue weighted by molar-refractivity contribution is -0.136. The molecule has 2 aromatic rings. The average molecular weight is 486 g/mol. The van der Waals surface area contributed by atoms with Crippen LogP contribution in [0.2, 0.25) is 5.02 Å². The number of hydrogen-bond acceptors (Lipinski definition) is 6. The van der Waals surface area contributed by atoms with E-state index in [1.165, 1.54) is 17.0 Å². The maximum atomic E-state index is 14.5. The van der Waals surface area contributed by atoms with Crippen LogP contribution >= 0.6 is 11.6 Å². The van der Waals surface area contributed by atoms with Crippen molar-refractivity contribution < 1.29 is 18.8 Å². The molecule has 1 unspecified atom stereocenters. The van der Waals surface area contributed by atoms with Crippen LogP contribution in [-0.4, -0.2) is 59.7 Å². The van der Waals surface area contributed by atoms with E-state index in [1.54, 1.807) is 6.07 Å². The summed E-state index contributed by atoms with van der Waals surface area (Å²) in [6.07, 6.45) is 0.449. The van der Waals surface area contributed by atoms with Crippen LogP contribution in [0.4, 0.5) is 15.8 Å². The van der Waals surface area contributed by atoms with E-state index in [2.05, 4.69) is 15.1 Å². The molecule has 0 saturated carbocycles. The molecule has 0 spiro atoms. The van der Waals surface area contributed by atoms with Crippen LogP contribution < -0.4 is 16.0 Å². The zero-order valence-electron chi connectivity index (χ0n) is 18.5. The quantitative estimate of drug-likeness (QED) is 0.508. The number of fused-ring (bicyclic) bond motifs is 1. The number of carbonyl (C=O) groups excluding carboxylic acids is 3. The standard InChI is InChI=1S/C24H25ClFN5O3/c25-18-3-1-2-14(22(18)27)12-29-6-8-30(9-7-29)20-11-15(26)10-16-17(20)13-31(24(16)34)19-4-5-21(32)28-23(19)33/h1-3,10-11,19H,4-9,12-13,27H2,(H,28,32,33). The highest BCUT2D eigenvalue weighted by Crippen LogP contribution is 2.35. The second-order valence-electron chi connectivity index (χ2n) is 8.93. The summed E-state index contributed by atoms with van der Waals surface area (Å²) >= 11 is 6.14. The Balaban J connectivity index is 1.32. The van der Waals surface area contributed by atoms with Crippen LogP contribution in [0.15, 0.2) is 30.3 Å². The number of hydrogen-bond donors (Lipinski definition) is 2. The number of halogens is 2. The number of nitrogens with two attached hydrogens (primary N) is 1. The molecule has 2 fully saturated rings. The number of amides is 3. The number of nitrogen functional groups attached to an aromatic ring is 1. The van der Waals surface area contributed by atoms with Gasteiger partial charge in [-0.1, -0.05) is 23.7 Å². The lowest BCUT2D eigenvalue weighted by Gasteiger charge is -2.37. The third-order valence-corrected chi connectivity index (χ3v) is 7.18. The monoisotopic (exact) mass is 485 g/mol. The van der Waals surface area contributed by atoms with Gasteiger partial charge in [-0.15, -0.1) is 0 Å². The Kier molecular flexibility index (Phi) is 5.91. The van der Waals surface area contributed by atoms with Gasteiger partial charge in [-0.05, 0) is 30.2 Å². The first kappa shape index (κ1) is 22.6. The van der Waals surface area contributed by atoms with Gasteiger partial charge in [0.25, 0.3) is 5.91 Å². The van der Waals surface area contributed by atoms with Crippen molar-refractivity contribution in [2.24, 2.45) is 0 Å². The van der Waals surface area contributed by atoms with Gasteiger partial charge < -0.3 is 15.5 Å². The van der Waals surface area contributed by atoms with Crippen molar-refractivity contribution in [3.05, 3.63) is 57.9 Å². The number of para-hydroxylation sites is 1. The molecular weight excluding hydrogens is 461 g/mol. The minimum absolute atomic E-state index is 0.177. The molecule has 178 valence electrons. The summed E-state index contributed by atoms with van der Waals surface area (Å²) in [6.45, 7) is 3.68. The van der Waals surface area contributed by atoms with Gasteiger partial charge in [-0.2, -0.15) is 0 Å². The number of carbonyl (C=O) groups is 3. The maximum Gasteiger partial charge on any atom is 0.255 e. The van der Waals surface area contributed by atoms with Crippen molar-refractivity contribution in [1.82, 2.24) is 15.1 Å². The Morgan fingerprint density at radius 3 is 2.62 bits per heavy atom. The van der Waals surface area contributed by atoms with E-state index in [4.69, 9.17) is 17.3 Å². The van der Waals surface area contributed by atoms with Crippen molar-refractivity contribution in [1.29, 1.82) is 0 Å². The molecular formula is C24H25ClFN5O3. The van der Waals surface area contributed by atoms with Gasteiger partial charge in [0.1, 0.15) is 11.9 Å². The first-order valence-electron chi connectivity index (χ1n) is 11.3. The molecule has 2 aromatic carbocycles. The minimum atomic E-state index is -0.728. The van der Waals surface area contributed by atoms with Crippen molar-refractivity contribution in [2.75, 3.05) is 36.8 Å². The molecule has 8 nitrogen and oxygen atoms in total. The van der Waals surface area contributed by atoms with E-state index in [9.17, 15) is 18.8 Å². The number of piperazine rings is 1. The first-order chi connectivity index (χ1) is 16.3. The smallest absolute Gasteiger partial charge is 0.255 e. The number of rotatable bonds is 4. The second kappa shape index (κ2) is 8.88. The van der Waals surface area contributed by atoms with Gasteiger partial charge in [0.05, 0.1) is 10.7 Å². The molecule has 3 aliphatic rings. The number of benzene rings is 2. The minimum Gasteiger partial charge on any atom is -0.397 e. The van der Waals surface area contributed by atoms with Crippen LogP contribution in [0, 0.1) is 5.82 Å².